The van der Waals surface area contributed by atoms with E-state index >= 15 is 0 Å². The van der Waals surface area contributed by atoms with Gasteiger partial charge in [0.1, 0.15) is 12.4 Å². The molecule has 0 amide bonds. The van der Waals surface area contributed by atoms with E-state index in [0.717, 1.165) is 11.3 Å². The lowest BCUT2D eigenvalue weighted by Gasteiger charge is -2.11. The number of benzene rings is 1. The molecule has 13 heavy (non-hydrogen) atoms. The predicted octanol–water partition coefficient (Wildman–Crippen LogP) is 2.39. The summed E-state index contributed by atoms with van der Waals surface area (Å²) in [6, 6.07) is 7.50. The Hall–Kier alpha value is -1.46. The number of nitrogens with zero attached hydrogens (tertiary/aromatic N) is 1. The molecule has 1 aromatic carbocycles. The molecular formula is C10H8ClNO. The molecule has 1 heterocycles. The normalized spacial score (nSPS) is 11.9. The van der Waals surface area contributed by atoms with Crippen molar-refractivity contribution in [3.63, 3.8) is 0 Å². The number of fused-ring (bicyclic) bond motifs is 1. The molecule has 2 nitrogen and oxygen atoms in total. The van der Waals surface area contributed by atoms with Crippen LogP contribution in [-0.4, -0.2) is 6.61 Å². The van der Waals surface area contributed by atoms with Crippen LogP contribution in [0.15, 0.2) is 24.3 Å². The van der Waals surface area contributed by atoms with Crippen LogP contribution in [-0.2, 0) is 0 Å². The van der Waals surface area contributed by atoms with Crippen LogP contribution in [0.1, 0.15) is 11.1 Å². The van der Waals surface area contributed by atoms with Crippen molar-refractivity contribution >= 4 is 18.5 Å². The molecule has 0 aliphatic carbocycles. The minimum absolute atomic E-state index is 0. The lowest BCUT2D eigenvalue weighted by Crippen LogP contribution is -1.99. The van der Waals surface area contributed by atoms with Crippen LogP contribution in [0.2, 0.25) is 0 Å². The van der Waals surface area contributed by atoms with Gasteiger partial charge in [0.05, 0.1) is 11.6 Å². The van der Waals surface area contributed by atoms with Gasteiger partial charge in [0.25, 0.3) is 0 Å². The summed E-state index contributed by atoms with van der Waals surface area (Å²) in [6.45, 7) is 0.624. The van der Waals surface area contributed by atoms with Crippen LogP contribution in [0, 0.1) is 11.3 Å². The quantitative estimate of drug-likeness (QED) is 0.634. The minimum Gasteiger partial charge on any atom is -0.489 e. The zero-order chi connectivity index (χ0) is 8.39. The Morgan fingerprint density at radius 3 is 3.00 bits per heavy atom. The Kier molecular flexibility index (Phi) is 2.94. The molecule has 0 radical (unpaired) electrons. The fourth-order valence-corrected chi connectivity index (χ4v) is 1.19. The van der Waals surface area contributed by atoms with Gasteiger partial charge in [0.15, 0.2) is 0 Å². The first-order valence-corrected chi connectivity index (χ1v) is 3.73. The van der Waals surface area contributed by atoms with Crippen molar-refractivity contribution in [2.45, 2.75) is 0 Å². The summed E-state index contributed by atoms with van der Waals surface area (Å²) in [6.07, 6.45) is 3.91. The van der Waals surface area contributed by atoms with Gasteiger partial charge in [-0.25, -0.2) is 0 Å². The van der Waals surface area contributed by atoms with E-state index in [4.69, 9.17) is 10.00 Å². The second-order valence-corrected chi connectivity index (χ2v) is 2.58. The molecule has 1 aliphatic rings. The predicted molar refractivity (Wildman–Crippen MR) is 52.9 cm³/mol. The van der Waals surface area contributed by atoms with Gasteiger partial charge < -0.3 is 4.74 Å². The van der Waals surface area contributed by atoms with Crippen molar-refractivity contribution in [2.75, 3.05) is 6.61 Å². The lowest BCUT2D eigenvalue weighted by molar-refractivity contribution is 0.358. The third-order valence-electron chi connectivity index (χ3n) is 1.77. The Bertz CT molecular complexity index is 379. The smallest absolute Gasteiger partial charge is 0.127 e. The Morgan fingerprint density at radius 2 is 2.23 bits per heavy atom. The van der Waals surface area contributed by atoms with Gasteiger partial charge in [-0.1, -0.05) is 6.08 Å². The van der Waals surface area contributed by atoms with E-state index in [1.54, 1.807) is 6.07 Å². The monoisotopic (exact) mass is 193 g/mol. The summed E-state index contributed by atoms with van der Waals surface area (Å²) in [5.74, 6) is 0.858. The highest BCUT2D eigenvalue weighted by molar-refractivity contribution is 5.85. The van der Waals surface area contributed by atoms with Gasteiger partial charge in [0, 0.05) is 5.56 Å². The first-order chi connectivity index (χ1) is 5.90. The largest absolute Gasteiger partial charge is 0.489 e. The third kappa shape index (κ3) is 1.82. The molecule has 0 atom stereocenters. The molecule has 0 bridgehead atoms. The molecule has 1 aromatic rings. The molecule has 1 aliphatic heterocycles. The Balaban J connectivity index is 0.000000845. The molecule has 0 unspecified atom stereocenters. The highest BCUT2D eigenvalue weighted by Crippen LogP contribution is 2.23. The van der Waals surface area contributed by atoms with Gasteiger partial charge >= 0.3 is 0 Å². The molecule has 0 fully saturated rings. The maximum atomic E-state index is 8.62. The van der Waals surface area contributed by atoms with E-state index < -0.39 is 0 Å². The van der Waals surface area contributed by atoms with Crippen molar-refractivity contribution in [3.05, 3.63) is 35.4 Å². The molecule has 0 spiro atoms. The van der Waals surface area contributed by atoms with Gasteiger partial charge in [-0.15, -0.1) is 12.4 Å². The summed E-state index contributed by atoms with van der Waals surface area (Å²) in [5.41, 5.74) is 1.66. The molecular weight excluding hydrogens is 186 g/mol. The van der Waals surface area contributed by atoms with Gasteiger partial charge in [-0.2, -0.15) is 5.26 Å². The molecule has 2 rings (SSSR count). The number of hydrogen-bond acceptors (Lipinski definition) is 2. The zero-order valence-electron chi connectivity index (χ0n) is 6.86. The van der Waals surface area contributed by atoms with Crippen LogP contribution in [0.3, 0.4) is 0 Å². The maximum absolute atomic E-state index is 8.62. The third-order valence-corrected chi connectivity index (χ3v) is 1.77. The lowest BCUT2D eigenvalue weighted by atomic mass is 10.1. The zero-order valence-corrected chi connectivity index (χ0v) is 7.67. The molecule has 0 saturated heterocycles. The summed E-state index contributed by atoms with van der Waals surface area (Å²) >= 11 is 0. The van der Waals surface area contributed by atoms with E-state index in [0.29, 0.717) is 12.2 Å². The van der Waals surface area contributed by atoms with Crippen molar-refractivity contribution in [1.29, 1.82) is 5.26 Å². The van der Waals surface area contributed by atoms with Crippen LogP contribution >= 0.6 is 12.4 Å². The fraction of sp³-hybridized carbons (Fsp3) is 0.100. The Labute approximate surface area is 82.9 Å². The molecule has 66 valence electrons. The van der Waals surface area contributed by atoms with Crippen molar-refractivity contribution in [1.82, 2.24) is 0 Å². The van der Waals surface area contributed by atoms with Gasteiger partial charge in [-0.3, -0.25) is 0 Å². The molecule has 0 N–H and O–H groups in total. The molecule has 3 heteroatoms. The summed E-state index contributed by atoms with van der Waals surface area (Å²) < 4.78 is 5.33. The second-order valence-electron chi connectivity index (χ2n) is 2.58. The maximum Gasteiger partial charge on any atom is 0.127 e. The Morgan fingerprint density at radius 1 is 1.38 bits per heavy atom. The van der Waals surface area contributed by atoms with E-state index in [9.17, 15) is 0 Å². The highest BCUT2D eigenvalue weighted by Gasteiger charge is 2.04. The first-order valence-electron chi connectivity index (χ1n) is 3.73. The highest BCUT2D eigenvalue weighted by atomic mass is 35.5. The van der Waals surface area contributed by atoms with Crippen LogP contribution in [0.25, 0.3) is 6.08 Å². The first kappa shape index (κ1) is 9.63. The minimum atomic E-state index is 0. The van der Waals surface area contributed by atoms with Crippen molar-refractivity contribution < 1.29 is 4.74 Å². The van der Waals surface area contributed by atoms with E-state index in [2.05, 4.69) is 6.07 Å². The molecule has 0 aromatic heterocycles. The van der Waals surface area contributed by atoms with Crippen molar-refractivity contribution in [3.8, 4) is 11.8 Å². The fourth-order valence-electron chi connectivity index (χ4n) is 1.19. The summed E-state index contributed by atoms with van der Waals surface area (Å²) in [7, 11) is 0. The SMILES string of the molecule is Cl.N#Cc1ccc2c(c1)C=CCO2. The standard InChI is InChI=1S/C10H7NO.ClH/c11-7-8-3-4-10-9(6-8)2-1-5-12-10;/h1-4,6H,5H2;1H. The van der Waals surface area contributed by atoms with Gasteiger partial charge in [0.2, 0.25) is 0 Å². The van der Waals surface area contributed by atoms with E-state index in [1.165, 1.54) is 0 Å². The van der Waals surface area contributed by atoms with Crippen LogP contribution in [0.4, 0.5) is 0 Å². The molecule has 0 saturated carbocycles. The summed E-state index contributed by atoms with van der Waals surface area (Å²) in [5, 5.41) is 8.62. The van der Waals surface area contributed by atoms with Crippen LogP contribution in [0.5, 0.6) is 5.75 Å². The second kappa shape index (κ2) is 3.97. The average Bonchev–Trinajstić information content (AvgIpc) is 2.17. The number of ether oxygens (including phenoxy) is 1. The topological polar surface area (TPSA) is 33.0 Å². The number of rotatable bonds is 0. The van der Waals surface area contributed by atoms with Gasteiger partial charge in [-0.05, 0) is 24.3 Å². The van der Waals surface area contributed by atoms with Crippen LogP contribution < -0.4 is 4.74 Å². The average molecular weight is 194 g/mol. The summed E-state index contributed by atoms with van der Waals surface area (Å²) in [4.78, 5) is 0. The van der Waals surface area contributed by atoms with E-state index in [-0.39, 0.29) is 12.4 Å². The number of hydrogen-bond donors (Lipinski definition) is 0. The van der Waals surface area contributed by atoms with E-state index in [1.807, 2.05) is 24.3 Å². The van der Waals surface area contributed by atoms with Crippen molar-refractivity contribution in [2.24, 2.45) is 0 Å². The number of halogens is 1. The number of nitriles is 1.